The molecule has 1 aromatic carbocycles. The van der Waals surface area contributed by atoms with Crippen molar-refractivity contribution in [2.45, 2.75) is 46.6 Å². The molecule has 1 aromatic rings. The number of aliphatic imine (C=N–C) groups is 1. The summed E-state index contributed by atoms with van der Waals surface area (Å²) in [7, 11) is 0. The van der Waals surface area contributed by atoms with Gasteiger partial charge in [-0.05, 0) is 51.8 Å². The van der Waals surface area contributed by atoms with Gasteiger partial charge in [-0.1, -0.05) is 19.1 Å². The second kappa shape index (κ2) is 9.15. The Morgan fingerprint density at radius 2 is 2.04 bits per heavy atom. The van der Waals surface area contributed by atoms with E-state index in [1.54, 1.807) is 4.90 Å². The molecule has 0 aliphatic rings. The fourth-order valence-corrected chi connectivity index (χ4v) is 2.05. The lowest BCUT2D eigenvalue weighted by atomic mass is 10.1. The van der Waals surface area contributed by atoms with Gasteiger partial charge < -0.3 is 20.7 Å². The van der Waals surface area contributed by atoms with Crippen LogP contribution in [0, 0.1) is 0 Å². The SMILES string of the molecule is CCc1cccc(NC(N)=NCCN(CC)C(=O)OC(C)(C)C)c1. The molecule has 0 spiro atoms. The second-order valence-corrected chi connectivity index (χ2v) is 6.51. The third-order valence-corrected chi connectivity index (χ3v) is 3.29. The van der Waals surface area contributed by atoms with Crippen LogP contribution >= 0.6 is 0 Å². The number of nitrogens with zero attached hydrogens (tertiary/aromatic N) is 2. The number of aryl methyl sites for hydroxylation is 1. The molecule has 0 aromatic heterocycles. The summed E-state index contributed by atoms with van der Waals surface area (Å²) in [4.78, 5) is 17.9. The largest absolute Gasteiger partial charge is 0.444 e. The van der Waals surface area contributed by atoms with E-state index >= 15 is 0 Å². The van der Waals surface area contributed by atoms with Gasteiger partial charge in [-0.25, -0.2) is 4.79 Å². The van der Waals surface area contributed by atoms with Gasteiger partial charge in [0.2, 0.25) is 0 Å². The van der Waals surface area contributed by atoms with Crippen molar-refractivity contribution in [2.24, 2.45) is 10.7 Å². The highest BCUT2D eigenvalue weighted by Crippen LogP contribution is 2.11. The number of guanidine groups is 1. The van der Waals surface area contributed by atoms with Crippen molar-refractivity contribution >= 4 is 17.7 Å². The zero-order chi connectivity index (χ0) is 18.2. The first-order chi connectivity index (χ1) is 11.2. The fourth-order valence-electron chi connectivity index (χ4n) is 2.05. The number of hydrogen-bond donors (Lipinski definition) is 2. The summed E-state index contributed by atoms with van der Waals surface area (Å²) >= 11 is 0. The van der Waals surface area contributed by atoms with E-state index in [4.69, 9.17) is 10.5 Å². The minimum absolute atomic E-state index is 0.331. The van der Waals surface area contributed by atoms with Crippen molar-refractivity contribution in [1.29, 1.82) is 0 Å². The lowest BCUT2D eigenvalue weighted by molar-refractivity contribution is 0.0266. The lowest BCUT2D eigenvalue weighted by Crippen LogP contribution is -2.38. The molecule has 134 valence electrons. The quantitative estimate of drug-likeness (QED) is 0.618. The van der Waals surface area contributed by atoms with Crippen LogP contribution in [-0.4, -0.2) is 42.2 Å². The van der Waals surface area contributed by atoms with E-state index in [1.807, 2.05) is 45.9 Å². The van der Waals surface area contributed by atoms with Crippen molar-refractivity contribution < 1.29 is 9.53 Å². The Hall–Kier alpha value is -2.24. The monoisotopic (exact) mass is 334 g/mol. The van der Waals surface area contributed by atoms with Gasteiger partial charge in [0.1, 0.15) is 5.60 Å². The number of carbonyl (C=O) groups is 1. The molecule has 0 fully saturated rings. The molecule has 0 aliphatic heterocycles. The first-order valence-electron chi connectivity index (χ1n) is 8.39. The van der Waals surface area contributed by atoms with Gasteiger partial charge in [0.15, 0.2) is 5.96 Å². The molecule has 0 saturated carbocycles. The van der Waals surface area contributed by atoms with Crippen LogP contribution in [0.25, 0.3) is 0 Å². The van der Waals surface area contributed by atoms with Crippen LogP contribution in [0.4, 0.5) is 10.5 Å². The van der Waals surface area contributed by atoms with Crippen LogP contribution in [0.15, 0.2) is 29.3 Å². The number of carbonyl (C=O) groups excluding carboxylic acids is 1. The number of amides is 1. The fraction of sp³-hybridized carbons (Fsp3) is 0.556. The van der Waals surface area contributed by atoms with Crippen LogP contribution in [0.3, 0.4) is 0 Å². The van der Waals surface area contributed by atoms with Crippen LogP contribution in [0.2, 0.25) is 0 Å². The van der Waals surface area contributed by atoms with Crippen molar-refractivity contribution in [2.75, 3.05) is 25.0 Å². The van der Waals surface area contributed by atoms with Crippen molar-refractivity contribution in [3.63, 3.8) is 0 Å². The molecular weight excluding hydrogens is 304 g/mol. The molecule has 24 heavy (non-hydrogen) atoms. The normalized spacial score (nSPS) is 12.0. The highest BCUT2D eigenvalue weighted by molar-refractivity contribution is 5.92. The zero-order valence-corrected chi connectivity index (χ0v) is 15.4. The van der Waals surface area contributed by atoms with Gasteiger partial charge in [0.05, 0.1) is 6.54 Å². The minimum Gasteiger partial charge on any atom is -0.444 e. The van der Waals surface area contributed by atoms with Crippen molar-refractivity contribution in [3.8, 4) is 0 Å². The van der Waals surface area contributed by atoms with Crippen molar-refractivity contribution in [1.82, 2.24) is 4.90 Å². The van der Waals surface area contributed by atoms with Crippen molar-refractivity contribution in [3.05, 3.63) is 29.8 Å². The third-order valence-electron chi connectivity index (χ3n) is 3.29. The van der Waals surface area contributed by atoms with E-state index in [1.165, 1.54) is 5.56 Å². The Kier molecular flexibility index (Phi) is 7.55. The first kappa shape index (κ1) is 19.8. The highest BCUT2D eigenvalue weighted by Gasteiger charge is 2.20. The van der Waals surface area contributed by atoms with Gasteiger partial charge in [0.25, 0.3) is 0 Å². The smallest absolute Gasteiger partial charge is 0.410 e. The van der Waals surface area contributed by atoms with E-state index in [0.29, 0.717) is 25.6 Å². The highest BCUT2D eigenvalue weighted by atomic mass is 16.6. The molecule has 6 nitrogen and oxygen atoms in total. The number of nitrogens with two attached hydrogens (primary N) is 1. The minimum atomic E-state index is -0.501. The Labute approximate surface area is 145 Å². The molecular formula is C18H30N4O2. The van der Waals surface area contributed by atoms with E-state index in [2.05, 4.69) is 23.3 Å². The number of anilines is 1. The van der Waals surface area contributed by atoms with Gasteiger partial charge in [0, 0.05) is 18.8 Å². The maximum absolute atomic E-state index is 12.0. The molecule has 6 heteroatoms. The number of nitrogens with one attached hydrogen (secondary N) is 1. The predicted octanol–water partition coefficient (Wildman–Crippen LogP) is 3.23. The second-order valence-electron chi connectivity index (χ2n) is 6.51. The van der Waals surface area contributed by atoms with Gasteiger partial charge in [-0.2, -0.15) is 0 Å². The van der Waals surface area contributed by atoms with Crippen LogP contribution in [0.1, 0.15) is 40.2 Å². The van der Waals surface area contributed by atoms with E-state index in [9.17, 15) is 4.79 Å². The average Bonchev–Trinajstić information content (AvgIpc) is 2.50. The predicted molar refractivity (Wildman–Crippen MR) is 99.4 cm³/mol. The van der Waals surface area contributed by atoms with Gasteiger partial charge in [-0.3, -0.25) is 4.99 Å². The molecule has 0 saturated heterocycles. The van der Waals surface area contributed by atoms with E-state index in [0.717, 1.165) is 12.1 Å². The zero-order valence-electron chi connectivity index (χ0n) is 15.4. The van der Waals surface area contributed by atoms with Crippen LogP contribution in [0.5, 0.6) is 0 Å². The Morgan fingerprint density at radius 3 is 2.62 bits per heavy atom. The summed E-state index contributed by atoms with van der Waals surface area (Å²) < 4.78 is 5.36. The maximum Gasteiger partial charge on any atom is 0.410 e. The summed E-state index contributed by atoms with van der Waals surface area (Å²) in [6, 6.07) is 8.04. The summed E-state index contributed by atoms with van der Waals surface area (Å²) in [5, 5.41) is 3.07. The van der Waals surface area contributed by atoms with E-state index < -0.39 is 5.60 Å². The number of benzene rings is 1. The number of likely N-dealkylation sites (N-methyl/N-ethyl adjacent to an activating group) is 1. The van der Waals surface area contributed by atoms with Gasteiger partial charge >= 0.3 is 6.09 Å². The number of rotatable bonds is 6. The summed E-state index contributed by atoms with van der Waals surface area (Å²) in [6.45, 7) is 11.0. The number of hydrogen-bond acceptors (Lipinski definition) is 3. The summed E-state index contributed by atoms with van der Waals surface area (Å²) in [5.74, 6) is 0.337. The molecule has 1 amide bonds. The molecule has 0 unspecified atom stereocenters. The molecule has 0 radical (unpaired) electrons. The van der Waals surface area contributed by atoms with Gasteiger partial charge in [-0.15, -0.1) is 0 Å². The molecule has 0 aliphatic carbocycles. The molecule has 3 N–H and O–H groups in total. The Balaban J connectivity index is 2.53. The van der Waals surface area contributed by atoms with E-state index in [-0.39, 0.29) is 6.09 Å². The molecule has 1 rings (SSSR count). The van der Waals surface area contributed by atoms with Crippen LogP contribution in [-0.2, 0) is 11.2 Å². The summed E-state index contributed by atoms with van der Waals surface area (Å²) in [6.07, 6.45) is 0.635. The average molecular weight is 334 g/mol. The first-order valence-corrected chi connectivity index (χ1v) is 8.39. The standard InChI is InChI=1S/C18H30N4O2/c1-6-14-9-8-10-15(13-14)21-16(19)20-11-12-22(7-2)17(23)24-18(3,4)5/h8-10,13H,6-7,11-12H2,1-5H3,(H3,19,20,21). The third kappa shape index (κ3) is 7.35. The topological polar surface area (TPSA) is 80.0 Å². The maximum atomic E-state index is 12.0. The van der Waals surface area contributed by atoms with Crippen LogP contribution < -0.4 is 11.1 Å². The number of ether oxygens (including phenoxy) is 1. The lowest BCUT2D eigenvalue weighted by Gasteiger charge is -2.26. The summed E-state index contributed by atoms with van der Waals surface area (Å²) in [5.41, 5.74) is 7.55. The Morgan fingerprint density at radius 1 is 1.33 bits per heavy atom. The molecule has 0 heterocycles. The Bertz CT molecular complexity index is 564. The molecule has 0 atom stereocenters. The molecule has 0 bridgehead atoms.